The van der Waals surface area contributed by atoms with Crippen LogP contribution in [0.1, 0.15) is 12.8 Å². The summed E-state index contributed by atoms with van der Waals surface area (Å²) in [5.41, 5.74) is 0. The zero-order valence-corrected chi connectivity index (χ0v) is 6.64. The Balaban J connectivity index is 1.95. The molecule has 64 valence electrons. The largest absolute Gasteiger partial charge is 0.391 e. The highest BCUT2D eigenvalue weighted by molar-refractivity contribution is 5.34. The molecule has 0 bridgehead atoms. The van der Waals surface area contributed by atoms with E-state index in [-0.39, 0.29) is 12.1 Å². The summed E-state index contributed by atoms with van der Waals surface area (Å²) < 4.78 is 0. The van der Waals surface area contributed by atoms with E-state index in [0.29, 0.717) is 0 Å². The Morgan fingerprint density at radius 1 is 1.50 bits per heavy atom. The second kappa shape index (κ2) is 3.06. The molecular weight excluding hydrogens is 154 g/mol. The van der Waals surface area contributed by atoms with Crippen LogP contribution in [0.4, 0.5) is 5.82 Å². The lowest BCUT2D eigenvalue weighted by molar-refractivity contribution is 0.0784. The topological polar surface area (TPSA) is 58.0 Å². The van der Waals surface area contributed by atoms with Gasteiger partial charge in [-0.3, -0.25) is 0 Å². The number of aliphatic hydroxyl groups excluding tert-OH is 1. The minimum Gasteiger partial charge on any atom is -0.391 e. The zero-order valence-electron chi connectivity index (χ0n) is 6.64. The Morgan fingerprint density at radius 3 is 2.92 bits per heavy atom. The number of hydrogen-bond donors (Lipinski definition) is 2. The van der Waals surface area contributed by atoms with Crippen LogP contribution in [0.15, 0.2) is 18.3 Å². The van der Waals surface area contributed by atoms with Crippen LogP contribution in [-0.2, 0) is 0 Å². The summed E-state index contributed by atoms with van der Waals surface area (Å²) in [6.45, 7) is 0. The molecule has 0 unspecified atom stereocenters. The van der Waals surface area contributed by atoms with E-state index < -0.39 is 0 Å². The summed E-state index contributed by atoms with van der Waals surface area (Å²) in [5.74, 6) is 0.737. The molecule has 1 aliphatic carbocycles. The summed E-state index contributed by atoms with van der Waals surface area (Å²) in [6, 6.07) is 3.83. The molecule has 1 heterocycles. The van der Waals surface area contributed by atoms with Crippen molar-refractivity contribution in [3.63, 3.8) is 0 Å². The Labute approximate surface area is 70.6 Å². The van der Waals surface area contributed by atoms with Crippen LogP contribution in [0, 0.1) is 0 Å². The number of nitrogens with zero attached hydrogens (tertiary/aromatic N) is 2. The average molecular weight is 165 g/mol. The predicted molar refractivity (Wildman–Crippen MR) is 44.7 cm³/mol. The molecule has 0 spiro atoms. The number of rotatable bonds is 2. The van der Waals surface area contributed by atoms with Crippen LogP contribution in [0.3, 0.4) is 0 Å². The van der Waals surface area contributed by atoms with Gasteiger partial charge in [-0.2, -0.15) is 5.10 Å². The van der Waals surface area contributed by atoms with Crippen LogP contribution in [-0.4, -0.2) is 27.4 Å². The van der Waals surface area contributed by atoms with Crippen molar-refractivity contribution < 1.29 is 5.11 Å². The van der Waals surface area contributed by atoms with E-state index in [1.54, 1.807) is 6.20 Å². The lowest BCUT2D eigenvalue weighted by Gasteiger charge is -2.33. The highest BCUT2D eigenvalue weighted by Crippen LogP contribution is 2.22. The maximum Gasteiger partial charge on any atom is 0.148 e. The van der Waals surface area contributed by atoms with Gasteiger partial charge in [0, 0.05) is 6.20 Å². The van der Waals surface area contributed by atoms with Gasteiger partial charge in [-0.05, 0) is 25.0 Å². The lowest BCUT2D eigenvalue weighted by atomic mass is 9.89. The van der Waals surface area contributed by atoms with Gasteiger partial charge in [0.2, 0.25) is 0 Å². The van der Waals surface area contributed by atoms with E-state index in [4.69, 9.17) is 0 Å². The SMILES string of the molecule is O[C@@H]1CC[C@H]1Nc1cccnn1. The van der Waals surface area contributed by atoms with E-state index in [0.717, 1.165) is 18.7 Å². The number of anilines is 1. The quantitative estimate of drug-likeness (QED) is 0.666. The van der Waals surface area contributed by atoms with E-state index >= 15 is 0 Å². The summed E-state index contributed by atoms with van der Waals surface area (Å²) >= 11 is 0. The van der Waals surface area contributed by atoms with Gasteiger partial charge in [-0.15, -0.1) is 5.10 Å². The normalized spacial score (nSPS) is 27.8. The fourth-order valence-corrected chi connectivity index (χ4v) is 1.22. The molecule has 1 aromatic rings. The smallest absolute Gasteiger partial charge is 0.148 e. The third-order valence-corrected chi connectivity index (χ3v) is 2.14. The Hall–Kier alpha value is -1.16. The van der Waals surface area contributed by atoms with Gasteiger partial charge >= 0.3 is 0 Å². The second-order valence-electron chi connectivity index (χ2n) is 3.00. The number of aromatic nitrogens is 2. The highest BCUT2D eigenvalue weighted by Gasteiger charge is 2.28. The molecule has 0 aromatic carbocycles. The van der Waals surface area contributed by atoms with Gasteiger partial charge in [-0.25, -0.2) is 0 Å². The molecule has 1 aromatic heterocycles. The number of nitrogens with one attached hydrogen (secondary N) is 1. The Kier molecular flexibility index (Phi) is 1.91. The Morgan fingerprint density at radius 2 is 2.42 bits per heavy atom. The molecule has 4 nitrogen and oxygen atoms in total. The van der Waals surface area contributed by atoms with Crippen molar-refractivity contribution in [3.05, 3.63) is 18.3 Å². The summed E-state index contributed by atoms with van der Waals surface area (Å²) in [5, 5.41) is 20.0. The fourth-order valence-electron chi connectivity index (χ4n) is 1.22. The van der Waals surface area contributed by atoms with Gasteiger partial charge in [0.25, 0.3) is 0 Å². The third kappa shape index (κ3) is 1.38. The van der Waals surface area contributed by atoms with Crippen molar-refractivity contribution in [2.75, 3.05) is 5.32 Å². The molecule has 0 aliphatic heterocycles. The summed E-state index contributed by atoms with van der Waals surface area (Å²) in [7, 11) is 0. The monoisotopic (exact) mass is 165 g/mol. The minimum atomic E-state index is -0.216. The second-order valence-corrected chi connectivity index (χ2v) is 3.00. The van der Waals surface area contributed by atoms with Crippen molar-refractivity contribution in [1.29, 1.82) is 0 Å². The maximum absolute atomic E-state index is 9.26. The van der Waals surface area contributed by atoms with Gasteiger partial charge in [-0.1, -0.05) is 0 Å². The first-order valence-corrected chi connectivity index (χ1v) is 4.08. The minimum absolute atomic E-state index is 0.168. The highest BCUT2D eigenvalue weighted by atomic mass is 16.3. The molecule has 2 N–H and O–H groups in total. The molecule has 12 heavy (non-hydrogen) atoms. The van der Waals surface area contributed by atoms with Crippen LogP contribution in [0.25, 0.3) is 0 Å². The van der Waals surface area contributed by atoms with Gasteiger partial charge < -0.3 is 10.4 Å². The number of aliphatic hydroxyl groups is 1. The van der Waals surface area contributed by atoms with E-state index in [1.807, 2.05) is 12.1 Å². The molecule has 1 fully saturated rings. The van der Waals surface area contributed by atoms with Crippen molar-refractivity contribution in [2.24, 2.45) is 0 Å². The first kappa shape index (κ1) is 7.49. The standard InChI is InChI=1S/C8H11N3O/c12-7-4-3-6(7)10-8-2-1-5-9-11-8/h1-2,5-7,12H,3-4H2,(H,10,11)/t6-,7-/m1/s1. The van der Waals surface area contributed by atoms with Crippen LogP contribution >= 0.6 is 0 Å². The van der Waals surface area contributed by atoms with E-state index in [1.165, 1.54) is 0 Å². The maximum atomic E-state index is 9.26. The number of hydrogen-bond acceptors (Lipinski definition) is 4. The predicted octanol–water partition coefficient (Wildman–Crippen LogP) is 0.412. The molecule has 2 atom stereocenters. The summed E-state index contributed by atoms with van der Waals surface area (Å²) in [4.78, 5) is 0. The van der Waals surface area contributed by atoms with Gasteiger partial charge in [0.15, 0.2) is 0 Å². The summed E-state index contributed by atoms with van der Waals surface area (Å²) in [6.07, 6.45) is 3.31. The lowest BCUT2D eigenvalue weighted by Crippen LogP contribution is -2.42. The average Bonchev–Trinajstić information content (AvgIpc) is 2.14. The zero-order chi connectivity index (χ0) is 8.39. The van der Waals surface area contributed by atoms with Crippen LogP contribution in [0.2, 0.25) is 0 Å². The van der Waals surface area contributed by atoms with Crippen LogP contribution < -0.4 is 5.32 Å². The third-order valence-electron chi connectivity index (χ3n) is 2.14. The molecule has 0 amide bonds. The van der Waals surface area contributed by atoms with Gasteiger partial charge in [0.1, 0.15) is 5.82 Å². The van der Waals surface area contributed by atoms with Crippen molar-refractivity contribution in [2.45, 2.75) is 25.0 Å². The van der Waals surface area contributed by atoms with Crippen molar-refractivity contribution in [3.8, 4) is 0 Å². The first-order valence-electron chi connectivity index (χ1n) is 4.08. The molecule has 1 saturated carbocycles. The molecule has 4 heteroatoms. The van der Waals surface area contributed by atoms with Crippen LogP contribution in [0.5, 0.6) is 0 Å². The molecule has 0 saturated heterocycles. The van der Waals surface area contributed by atoms with E-state index in [2.05, 4.69) is 15.5 Å². The first-order chi connectivity index (χ1) is 5.86. The van der Waals surface area contributed by atoms with E-state index in [9.17, 15) is 5.11 Å². The molecule has 1 aliphatic rings. The fraction of sp³-hybridized carbons (Fsp3) is 0.500. The molecular formula is C8H11N3O. The molecule has 2 rings (SSSR count). The van der Waals surface area contributed by atoms with Crippen molar-refractivity contribution >= 4 is 5.82 Å². The van der Waals surface area contributed by atoms with Gasteiger partial charge in [0.05, 0.1) is 12.1 Å². The molecule has 0 radical (unpaired) electrons. The van der Waals surface area contributed by atoms with Crippen molar-refractivity contribution in [1.82, 2.24) is 10.2 Å². The Bertz CT molecular complexity index is 252.